The van der Waals surface area contributed by atoms with Gasteiger partial charge in [-0.2, -0.15) is 0 Å². The number of hydrogen-bond acceptors (Lipinski definition) is 8. The number of hydrogen-bond donors (Lipinski definition) is 0. The number of ether oxygens (including phenoxy) is 3. The van der Waals surface area contributed by atoms with Gasteiger partial charge in [0.1, 0.15) is 11.4 Å². The lowest BCUT2D eigenvalue weighted by Gasteiger charge is -2.30. The van der Waals surface area contributed by atoms with E-state index in [2.05, 4.69) is 52.5 Å². The summed E-state index contributed by atoms with van der Waals surface area (Å²) < 4.78 is 19.4. The number of rotatable bonds is 4. The molecule has 0 amide bonds. The van der Waals surface area contributed by atoms with Crippen LogP contribution in [0.3, 0.4) is 0 Å². The first-order valence-corrected chi connectivity index (χ1v) is 12.2. The van der Waals surface area contributed by atoms with Crippen molar-refractivity contribution in [1.29, 1.82) is 0 Å². The average Bonchev–Trinajstić information content (AvgIpc) is 3.25. The van der Waals surface area contributed by atoms with Gasteiger partial charge in [0, 0.05) is 44.8 Å². The number of fused-ring (bicyclic) bond motifs is 3. The highest BCUT2D eigenvalue weighted by Gasteiger charge is 2.34. The highest BCUT2D eigenvalue weighted by molar-refractivity contribution is 5.86. The molecule has 34 heavy (non-hydrogen) atoms. The van der Waals surface area contributed by atoms with Crippen molar-refractivity contribution in [2.75, 3.05) is 64.1 Å². The fraction of sp³-hybridized carbons (Fsp3) is 0.560. The molecule has 0 aliphatic carbocycles. The Kier molecular flexibility index (Phi) is 5.73. The first-order chi connectivity index (χ1) is 16.6. The zero-order chi connectivity index (χ0) is 23.1. The molecule has 2 fully saturated rings. The highest BCUT2D eigenvalue weighted by atomic mass is 16.5. The topological polar surface area (TPSA) is 77.8 Å². The zero-order valence-corrected chi connectivity index (χ0v) is 20.0. The van der Waals surface area contributed by atoms with Crippen molar-refractivity contribution in [3.8, 4) is 11.4 Å². The van der Waals surface area contributed by atoms with Gasteiger partial charge in [-0.1, -0.05) is 18.2 Å². The minimum atomic E-state index is -0.459. The molecule has 6 rings (SSSR count). The molecule has 0 unspecified atom stereocenters. The predicted molar refractivity (Wildman–Crippen MR) is 129 cm³/mol. The Hall–Kier alpha value is -2.59. The standard InChI is InChI=1S/C25H32N6O3/c1-25(2)24-26-20-22(30-8-13-33-14-9-30)27-21(28-23(20)31(24)10-15-34-25)19-5-3-4-18(16-19)17-29-6-11-32-12-7-29/h3-5,16H,6-15,17H2,1-2H3. The maximum absolute atomic E-state index is 6.03. The Morgan fingerprint density at radius 2 is 1.65 bits per heavy atom. The van der Waals surface area contributed by atoms with Crippen LogP contribution in [-0.2, 0) is 32.9 Å². The summed E-state index contributed by atoms with van der Waals surface area (Å²) in [5.41, 5.74) is 3.57. The van der Waals surface area contributed by atoms with Crippen LogP contribution in [0.25, 0.3) is 22.6 Å². The van der Waals surface area contributed by atoms with Crippen molar-refractivity contribution < 1.29 is 14.2 Å². The molecule has 3 aliphatic heterocycles. The highest BCUT2D eigenvalue weighted by Crippen LogP contribution is 2.35. The maximum Gasteiger partial charge on any atom is 0.166 e. The smallest absolute Gasteiger partial charge is 0.166 e. The SMILES string of the molecule is CC1(C)OCCn2c1nc1c(N3CCOCC3)nc(-c3cccc(CN4CCOCC4)c3)nc12. The van der Waals surface area contributed by atoms with Crippen molar-refractivity contribution in [2.24, 2.45) is 0 Å². The first kappa shape index (κ1) is 21.9. The quantitative estimate of drug-likeness (QED) is 0.583. The van der Waals surface area contributed by atoms with Gasteiger partial charge in [0.25, 0.3) is 0 Å². The predicted octanol–water partition coefficient (Wildman–Crippen LogP) is 2.43. The maximum atomic E-state index is 6.03. The second-order valence-corrected chi connectivity index (χ2v) is 9.68. The van der Waals surface area contributed by atoms with E-state index in [1.54, 1.807) is 0 Å². The van der Waals surface area contributed by atoms with Crippen LogP contribution >= 0.6 is 0 Å². The van der Waals surface area contributed by atoms with Crippen LogP contribution in [0.4, 0.5) is 5.82 Å². The molecule has 3 aliphatic rings. The van der Waals surface area contributed by atoms with E-state index in [9.17, 15) is 0 Å². The molecule has 180 valence electrons. The van der Waals surface area contributed by atoms with Gasteiger partial charge in [0.2, 0.25) is 0 Å². The lowest BCUT2D eigenvalue weighted by atomic mass is 10.1. The van der Waals surface area contributed by atoms with Crippen LogP contribution in [0.2, 0.25) is 0 Å². The van der Waals surface area contributed by atoms with E-state index in [4.69, 9.17) is 29.2 Å². The van der Waals surface area contributed by atoms with Crippen molar-refractivity contribution in [2.45, 2.75) is 32.5 Å². The lowest BCUT2D eigenvalue weighted by molar-refractivity contribution is -0.0530. The normalized spacial score (nSPS) is 21.1. The summed E-state index contributed by atoms with van der Waals surface area (Å²) in [5, 5.41) is 0. The third kappa shape index (κ3) is 4.07. The summed E-state index contributed by atoms with van der Waals surface area (Å²) in [6.07, 6.45) is 0. The Morgan fingerprint density at radius 1 is 0.882 bits per heavy atom. The van der Waals surface area contributed by atoms with E-state index in [-0.39, 0.29) is 0 Å². The molecule has 0 atom stereocenters. The van der Waals surface area contributed by atoms with Crippen molar-refractivity contribution >= 4 is 17.0 Å². The van der Waals surface area contributed by atoms with Crippen LogP contribution in [0.15, 0.2) is 24.3 Å². The average molecular weight is 465 g/mol. The van der Waals surface area contributed by atoms with Gasteiger partial charge in [-0.15, -0.1) is 0 Å². The summed E-state index contributed by atoms with van der Waals surface area (Å²) in [4.78, 5) is 19.9. The lowest BCUT2D eigenvalue weighted by Crippen LogP contribution is -2.37. The minimum Gasteiger partial charge on any atom is -0.379 e. The summed E-state index contributed by atoms with van der Waals surface area (Å²) in [6, 6.07) is 8.62. The molecular formula is C25H32N6O3. The van der Waals surface area contributed by atoms with E-state index in [1.165, 1.54) is 5.56 Å². The third-order valence-corrected chi connectivity index (χ3v) is 6.90. The van der Waals surface area contributed by atoms with Gasteiger partial charge in [0.15, 0.2) is 22.8 Å². The van der Waals surface area contributed by atoms with Gasteiger partial charge in [-0.3, -0.25) is 4.90 Å². The van der Waals surface area contributed by atoms with Crippen molar-refractivity contribution in [3.05, 3.63) is 35.7 Å². The van der Waals surface area contributed by atoms with Gasteiger partial charge in [0.05, 0.1) is 33.0 Å². The van der Waals surface area contributed by atoms with Gasteiger partial charge in [-0.05, 0) is 25.5 Å². The molecular weight excluding hydrogens is 432 g/mol. The minimum absolute atomic E-state index is 0.459. The molecule has 0 N–H and O–H groups in total. The molecule has 2 aromatic heterocycles. The van der Waals surface area contributed by atoms with Crippen LogP contribution in [0.5, 0.6) is 0 Å². The van der Waals surface area contributed by atoms with Crippen LogP contribution in [0, 0.1) is 0 Å². The molecule has 0 saturated carbocycles. The molecule has 1 aromatic carbocycles. The molecule has 9 heteroatoms. The number of aromatic nitrogens is 4. The number of anilines is 1. The molecule has 0 bridgehead atoms. The van der Waals surface area contributed by atoms with E-state index in [1.807, 2.05) is 0 Å². The van der Waals surface area contributed by atoms with E-state index in [0.717, 1.165) is 86.7 Å². The number of nitrogens with zero attached hydrogens (tertiary/aromatic N) is 6. The van der Waals surface area contributed by atoms with Gasteiger partial charge >= 0.3 is 0 Å². The summed E-state index contributed by atoms with van der Waals surface area (Å²) >= 11 is 0. The molecule has 0 radical (unpaired) electrons. The van der Waals surface area contributed by atoms with Gasteiger partial charge in [-0.25, -0.2) is 15.0 Å². The fourth-order valence-electron chi connectivity index (χ4n) is 5.07. The second kappa shape index (κ2) is 8.88. The summed E-state index contributed by atoms with van der Waals surface area (Å²) in [7, 11) is 0. The molecule has 2 saturated heterocycles. The number of benzene rings is 1. The second-order valence-electron chi connectivity index (χ2n) is 9.68. The van der Waals surface area contributed by atoms with Gasteiger partial charge < -0.3 is 23.7 Å². The summed E-state index contributed by atoms with van der Waals surface area (Å²) in [6.45, 7) is 12.9. The van der Waals surface area contributed by atoms with Crippen LogP contribution < -0.4 is 4.90 Å². The summed E-state index contributed by atoms with van der Waals surface area (Å²) in [5.74, 6) is 2.54. The zero-order valence-electron chi connectivity index (χ0n) is 20.0. The van der Waals surface area contributed by atoms with Crippen LogP contribution in [0.1, 0.15) is 25.2 Å². The molecule has 9 nitrogen and oxygen atoms in total. The fourth-order valence-corrected chi connectivity index (χ4v) is 5.07. The molecule has 5 heterocycles. The van der Waals surface area contributed by atoms with Crippen molar-refractivity contribution in [3.63, 3.8) is 0 Å². The largest absolute Gasteiger partial charge is 0.379 e. The van der Waals surface area contributed by atoms with E-state index in [0.29, 0.717) is 19.8 Å². The Morgan fingerprint density at radius 3 is 2.44 bits per heavy atom. The first-order valence-electron chi connectivity index (χ1n) is 12.2. The Bertz CT molecular complexity index is 1180. The van der Waals surface area contributed by atoms with E-state index < -0.39 is 5.60 Å². The number of imidazole rings is 1. The Labute approximate surface area is 199 Å². The molecule has 3 aromatic rings. The number of morpholine rings is 2. The monoisotopic (exact) mass is 464 g/mol. The van der Waals surface area contributed by atoms with Crippen LogP contribution in [-0.4, -0.2) is 83.6 Å². The van der Waals surface area contributed by atoms with Crippen molar-refractivity contribution in [1.82, 2.24) is 24.4 Å². The third-order valence-electron chi connectivity index (χ3n) is 6.90. The van der Waals surface area contributed by atoms with E-state index >= 15 is 0 Å². The Balaban J connectivity index is 1.44. The molecule has 0 spiro atoms.